The third-order valence-electron chi connectivity index (χ3n) is 8.27. The first-order valence-corrected chi connectivity index (χ1v) is 15.1. The van der Waals surface area contributed by atoms with E-state index in [1.165, 1.54) is 4.57 Å². The maximum Gasteiger partial charge on any atom is 0.349 e. The summed E-state index contributed by atoms with van der Waals surface area (Å²) >= 11 is 0. The molecule has 9 heteroatoms. The Morgan fingerprint density at radius 3 is 2.04 bits per heavy atom. The molecule has 1 aliphatic rings. The number of aliphatic hydroxyl groups is 1. The first-order valence-electron chi connectivity index (χ1n) is 15.1. The third kappa shape index (κ3) is 6.48. The van der Waals surface area contributed by atoms with Crippen molar-refractivity contribution in [3.63, 3.8) is 0 Å². The van der Waals surface area contributed by atoms with Crippen LogP contribution in [-0.2, 0) is 15.1 Å². The van der Waals surface area contributed by atoms with Gasteiger partial charge in [0.25, 0.3) is 5.91 Å². The first kappa shape index (κ1) is 30.9. The highest BCUT2D eigenvalue weighted by Gasteiger charge is 2.40. The fourth-order valence-corrected chi connectivity index (χ4v) is 5.86. The van der Waals surface area contributed by atoms with Crippen LogP contribution in [0.4, 0.5) is 5.82 Å². The van der Waals surface area contributed by atoms with Gasteiger partial charge in [-0.1, -0.05) is 91.0 Å². The topological polar surface area (TPSA) is 112 Å². The Morgan fingerprint density at radius 2 is 1.48 bits per heavy atom. The average Bonchev–Trinajstić information content (AvgIpc) is 3.11. The van der Waals surface area contributed by atoms with Crippen LogP contribution in [-0.4, -0.2) is 53.1 Å². The Labute approximate surface area is 267 Å². The highest BCUT2D eigenvalue weighted by Crippen LogP contribution is 2.41. The van der Waals surface area contributed by atoms with Crippen molar-refractivity contribution in [2.75, 3.05) is 25.6 Å². The van der Waals surface area contributed by atoms with Gasteiger partial charge in [0.1, 0.15) is 23.3 Å². The van der Waals surface area contributed by atoms with Crippen molar-refractivity contribution in [1.82, 2.24) is 9.55 Å². The van der Waals surface area contributed by atoms with Crippen molar-refractivity contribution in [2.45, 2.75) is 30.3 Å². The molecule has 3 atom stereocenters. The van der Waals surface area contributed by atoms with Crippen LogP contribution in [0.3, 0.4) is 0 Å². The van der Waals surface area contributed by atoms with Crippen molar-refractivity contribution in [2.24, 2.45) is 0 Å². The molecule has 0 radical (unpaired) electrons. The molecule has 1 aromatic heterocycles. The molecule has 9 nitrogen and oxygen atoms in total. The Balaban J connectivity index is 1.20. The lowest BCUT2D eigenvalue weighted by Gasteiger charge is -2.39. The van der Waals surface area contributed by atoms with Crippen LogP contribution in [0, 0.1) is 0 Å². The number of aliphatic hydroxyl groups excluding tert-OH is 1. The molecule has 0 saturated carbocycles. The number of nitrogens with zero attached hydrogens (tertiary/aromatic N) is 2. The van der Waals surface area contributed by atoms with E-state index in [9.17, 15) is 14.7 Å². The number of benzene rings is 4. The summed E-state index contributed by atoms with van der Waals surface area (Å²) in [5.41, 5.74) is 1.65. The monoisotopic (exact) mass is 617 g/mol. The van der Waals surface area contributed by atoms with E-state index in [1.54, 1.807) is 43.6 Å². The number of nitrogens with one attached hydrogen (secondary N) is 1. The molecule has 5 aromatic rings. The van der Waals surface area contributed by atoms with Gasteiger partial charge < -0.3 is 24.6 Å². The van der Waals surface area contributed by atoms with E-state index in [0.29, 0.717) is 5.56 Å². The molecule has 2 heterocycles. The number of carbonyl (C=O) groups is 1. The maximum atomic E-state index is 12.9. The van der Waals surface area contributed by atoms with Gasteiger partial charge in [0.2, 0.25) is 0 Å². The van der Waals surface area contributed by atoms with Gasteiger partial charge in [0.05, 0.1) is 32.5 Å². The molecule has 0 aliphatic carbocycles. The Kier molecular flexibility index (Phi) is 9.35. The number of rotatable bonds is 10. The number of amides is 1. The van der Waals surface area contributed by atoms with E-state index in [4.69, 9.17) is 14.2 Å². The standard InChI is InChI=1S/C37H35N3O6/c1-44-31-19-17-29(18-20-31)37(27-13-7-3-8-14-27,28-15-9-4-10-16-28)46-25-33-32(41)23-30(24-45-33)40-22-21-34(39-36(40)43)38-35(42)26-11-5-2-6-12-26/h2-22,30,32-33,41H,23-25H2,1H3,(H,38,39,42,43)/t30-,32-,33+/m0/s1. The predicted octanol–water partition coefficient (Wildman–Crippen LogP) is 5.20. The number of aromatic nitrogens is 2. The fraction of sp³-hybridized carbons (Fsp3) is 0.216. The zero-order valence-corrected chi connectivity index (χ0v) is 25.4. The van der Waals surface area contributed by atoms with Crippen molar-refractivity contribution < 1.29 is 24.1 Å². The minimum absolute atomic E-state index is 0.0846. The van der Waals surface area contributed by atoms with Crippen LogP contribution < -0.4 is 15.7 Å². The number of methoxy groups -OCH3 is 1. The number of anilines is 1. The average molecular weight is 618 g/mol. The molecule has 1 amide bonds. The van der Waals surface area contributed by atoms with Gasteiger partial charge >= 0.3 is 5.69 Å². The van der Waals surface area contributed by atoms with Gasteiger partial charge in [-0.15, -0.1) is 0 Å². The second-order valence-corrected chi connectivity index (χ2v) is 11.1. The van der Waals surface area contributed by atoms with Crippen molar-refractivity contribution in [3.05, 3.63) is 160 Å². The smallest absolute Gasteiger partial charge is 0.349 e. The van der Waals surface area contributed by atoms with E-state index < -0.39 is 29.5 Å². The molecule has 4 aromatic carbocycles. The quantitative estimate of drug-likeness (QED) is 0.207. The van der Waals surface area contributed by atoms with Crippen LogP contribution >= 0.6 is 0 Å². The van der Waals surface area contributed by atoms with E-state index in [0.717, 1.165) is 22.4 Å². The van der Waals surface area contributed by atoms with Gasteiger partial charge in [-0.2, -0.15) is 4.98 Å². The number of carbonyl (C=O) groups excluding carboxylic acids is 1. The summed E-state index contributed by atoms with van der Waals surface area (Å²) in [7, 11) is 1.63. The Hall–Kier alpha value is -5.09. The predicted molar refractivity (Wildman–Crippen MR) is 174 cm³/mol. The van der Waals surface area contributed by atoms with Gasteiger partial charge in [0, 0.05) is 11.8 Å². The highest BCUT2D eigenvalue weighted by molar-refractivity contribution is 6.03. The maximum absolute atomic E-state index is 12.9. The SMILES string of the molecule is COc1ccc(C(OC[C@H]2OC[C@@H](n3ccc(NC(=O)c4ccccc4)nc3=O)C[C@@H]2O)(c2ccccc2)c2ccccc2)cc1. The van der Waals surface area contributed by atoms with Gasteiger partial charge in [-0.3, -0.25) is 9.36 Å². The van der Waals surface area contributed by atoms with Crippen molar-refractivity contribution >= 4 is 11.7 Å². The lowest BCUT2D eigenvalue weighted by Crippen LogP contribution is -2.46. The molecule has 0 spiro atoms. The molecular weight excluding hydrogens is 582 g/mol. The molecule has 0 unspecified atom stereocenters. The van der Waals surface area contributed by atoms with E-state index >= 15 is 0 Å². The van der Waals surface area contributed by atoms with Crippen LogP contribution in [0.15, 0.2) is 132 Å². The molecule has 6 rings (SSSR count). The van der Waals surface area contributed by atoms with Gasteiger partial charge in [-0.05, 0) is 53.4 Å². The Bertz CT molecular complexity index is 1760. The lowest BCUT2D eigenvalue weighted by molar-refractivity contribution is -0.141. The summed E-state index contributed by atoms with van der Waals surface area (Å²) in [5.74, 6) is 0.517. The summed E-state index contributed by atoms with van der Waals surface area (Å²) in [6.07, 6.45) is 0.266. The molecule has 1 saturated heterocycles. The molecule has 234 valence electrons. The number of ether oxygens (including phenoxy) is 3. The Morgan fingerprint density at radius 1 is 0.891 bits per heavy atom. The van der Waals surface area contributed by atoms with Crippen LogP contribution in [0.25, 0.3) is 0 Å². The molecule has 0 bridgehead atoms. The van der Waals surface area contributed by atoms with Crippen LogP contribution in [0.1, 0.15) is 39.5 Å². The minimum atomic E-state index is -1.00. The lowest BCUT2D eigenvalue weighted by atomic mass is 9.80. The second kappa shape index (κ2) is 13.9. The van der Waals surface area contributed by atoms with Crippen LogP contribution in [0.5, 0.6) is 5.75 Å². The largest absolute Gasteiger partial charge is 0.497 e. The summed E-state index contributed by atoms with van der Waals surface area (Å²) in [4.78, 5) is 29.5. The van der Waals surface area contributed by atoms with Gasteiger partial charge in [-0.25, -0.2) is 4.79 Å². The first-order chi connectivity index (χ1) is 22.5. The summed E-state index contributed by atoms with van der Waals surface area (Å²) in [6, 6.07) is 37.5. The van der Waals surface area contributed by atoms with E-state index in [2.05, 4.69) is 10.3 Å². The molecule has 1 aliphatic heterocycles. The van der Waals surface area contributed by atoms with Crippen molar-refractivity contribution in [3.8, 4) is 5.75 Å². The number of hydrogen-bond acceptors (Lipinski definition) is 7. The number of hydrogen-bond donors (Lipinski definition) is 2. The van der Waals surface area contributed by atoms with Gasteiger partial charge in [0.15, 0.2) is 0 Å². The summed E-state index contributed by atoms with van der Waals surface area (Å²) < 4.78 is 19.9. The second-order valence-electron chi connectivity index (χ2n) is 11.1. The minimum Gasteiger partial charge on any atom is -0.497 e. The van der Waals surface area contributed by atoms with E-state index in [1.807, 2.05) is 91.0 Å². The zero-order chi connectivity index (χ0) is 31.9. The molecule has 2 N–H and O–H groups in total. The van der Waals surface area contributed by atoms with Crippen LogP contribution in [0.2, 0.25) is 0 Å². The molecular formula is C37H35N3O6. The van der Waals surface area contributed by atoms with Crippen molar-refractivity contribution in [1.29, 1.82) is 0 Å². The van der Waals surface area contributed by atoms with E-state index in [-0.39, 0.29) is 31.4 Å². The molecule has 1 fully saturated rings. The highest BCUT2D eigenvalue weighted by atomic mass is 16.6. The zero-order valence-electron chi connectivity index (χ0n) is 25.4. The molecule has 46 heavy (non-hydrogen) atoms. The third-order valence-corrected chi connectivity index (χ3v) is 8.27. The fourth-order valence-electron chi connectivity index (χ4n) is 5.86. The normalized spacial score (nSPS) is 18.1. The summed E-state index contributed by atoms with van der Waals surface area (Å²) in [6.45, 7) is 0.260. The summed E-state index contributed by atoms with van der Waals surface area (Å²) in [5, 5.41) is 13.9.